The Balaban J connectivity index is 1.74. The summed E-state index contributed by atoms with van der Waals surface area (Å²) in [5, 5.41) is 2.25. The van der Waals surface area contributed by atoms with Gasteiger partial charge in [-0.2, -0.15) is 0 Å². The fourth-order valence-corrected chi connectivity index (χ4v) is 3.56. The molecule has 0 aliphatic heterocycles. The number of aromatic nitrogens is 1. The van der Waals surface area contributed by atoms with Crippen LogP contribution in [-0.2, 0) is 0 Å². The molecule has 2 heteroatoms. The Kier molecular flexibility index (Phi) is 2.68. The van der Waals surface area contributed by atoms with E-state index >= 15 is 0 Å². The van der Waals surface area contributed by atoms with Gasteiger partial charge in [0.25, 0.3) is 0 Å². The fourth-order valence-electron chi connectivity index (χ4n) is 3.56. The highest BCUT2D eigenvalue weighted by Crippen LogP contribution is 2.39. The van der Waals surface area contributed by atoms with Crippen molar-refractivity contribution in [3.63, 3.8) is 0 Å². The van der Waals surface area contributed by atoms with E-state index in [0.717, 1.165) is 44.2 Å². The summed E-state index contributed by atoms with van der Waals surface area (Å²) in [5.41, 5.74) is 5.79. The third kappa shape index (κ3) is 1.77. The van der Waals surface area contributed by atoms with Gasteiger partial charge in [0.1, 0.15) is 0 Å². The quantitative estimate of drug-likeness (QED) is 0.430. The van der Waals surface area contributed by atoms with Crippen LogP contribution in [0, 0.1) is 0 Å². The third-order valence-corrected chi connectivity index (χ3v) is 4.72. The molecule has 24 heavy (non-hydrogen) atoms. The normalized spacial score (nSPS) is 12.2. The molecule has 0 radical (unpaired) electrons. The van der Waals surface area contributed by atoms with Crippen molar-refractivity contribution in [2.24, 2.45) is 0 Å². The molecule has 1 heterocycles. The van der Waals surface area contributed by atoms with Crippen molar-refractivity contribution in [1.29, 1.82) is 0 Å². The van der Waals surface area contributed by atoms with Gasteiger partial charge in [0.05, 0.1) is 0 Å². The van der Waals surface area contributed by atoms with E-state index in [9.17, 15) is 4.79 Å². The molecule has 0 amide bonds. The molecule has 0 unspecified atom stereocenters. The maximum atomic E-state index is 12.7. The van der Waals surface area contributed by atoms with E-state index in [1.165, 1.54) is 0 Å². The van der Waals surface area contributed by atoms with E-state index in [1.54, 1.807) is 6.20 Å². The van der Waals surface area contributed by atoms with Crippen LogP contribution in [0.5, 0.6) is 0 Å². The predicted octanol–water partition coefficient (Wildman–Crippen LogP) is 5.11. The summed E-state index contributed by atoms with van der Waals surface area (Å²) in [6, 6.07) is 22.2. The summed E-state index contributed by atoms with van der Waals surface area (Å²) in [6.07, 6.45) is 3.68. The maximum Gasteiger partial charge on any atom is 0.194 e. The van der Waals surface area contributed by atoms with Gasteiger partial charge >= 0.3 is 0 Å². The number of pyridine rings is 1. The van der Waals surface area contributed by atoms with Crippen LogP contribution in [0.4, 0.5) is 0 Å². The molecule has 1 aliphatic rings. The lowest BCUT2D eigenvalue weighted by Crippen LogP contribution is -1.95. The fraction of sp³-hybridized carbons (Fsp3) is 0. The highest BCUT2D eigenvalue weighted by molar-refractivity contribution is 6.22. The van der Waals surface area contributed by atoms with Crippen molar-refractivity contribution in [2.75, 3.05) is 0 Å². The van der Waals surface area contributed by atoms with Crippen molar-refractivity contribution in [2.45, 2.75) is 0 Å². The lowest BCUT2D eigenvalue weighted by atomic mass is 9.96. The van der Waals surface area contributed by atoms with E-state index < -0.39 is 0 Å². The molecule has 112 valence electrons. The van der Waals surface area contributed by atoms with Gasteiger partial charge in [-0.3, -0.25) is 9.78 Å². The summed E-state index contributed by atoms with van der Waals surface area (Å²) in [4.78, 5) is 17.0. The molecule has 0 bridgehead atoms. The first-order valence-corrected chi connectivity index (χ1v) is 7.94. The zero-order chi connectivity index (χ0) is 16.1. The van der Waals surface area contributed by atoms with E-state index in [1.807, 2.05) is 48.7 Å². The first-order chi connectivity index (χ1) is 11.8. The van der Waals surface area contributed by atoms with Crippen molar-refractivity contribution in [1.82, 2.24) is 4.98 Å². The second-order valence-corrected chi connectivity index (χ2v) is 6.04. The molecular weight excluding hydrogens is 294 g/mol. The Labute approximate surface area is 139 Å². The summed E-state index contributed by atoms with van der Waals surface area (Å²) < 4.78 is 0. The molecule has 0 fully saturated rings. The minimum absolute atomic E-state index is 0.112. The van der Waals surface area contributed by atoms with Crippen molar-refractivity contribution < 1.29 is 4.79 Å². The van der Waals surface area contributed by atoms with Crippen LogP contribution < -0.4 is 0 Å². The Morgan fingerprint density at radius 2 is 1.46 bits per heavy atom. The number of fused-ring (bicyclic) bond motifs is 4. The van der Waals surface area contributed by atoms with Gasteiger partial charge in [-0.05, 0) is 39.8 Å². The second kappa shape index (κ2) is 4.87. The van der Waals surface area contributed by atoms with Crippen LogP contribution in [0.2, 0.25) is 0 Å². The molecule has 0 saturated heterocycles. The average molecular weight is 307 g/mol. The Morgan fingerprint density at radius 3 is 2.38 bits per heavy atom. The summed E-state index contributed by atoms with van der Waals surface area (Å²) in [6.45, 7) is 0. The Hall–Kier alpha value is -3.26. The van der Waals surface area contributed by atoms with Crippen LogP contribution in [0.25, 0.3) is 33.0 Å². The molecule has 0 spiro atoms. The van der Waals surface area contributed by atoms with E-state index in [-0.39, 0.29) is 5.78 Å². The van der Waals surface area contributed by atoms with E-state index in [0.29, 0.717) is 0 Å². The van der Waals surface area contributed by atoms with E-state index in [2.05, 4.69) is 29.2 Å². The van der Waals surface area contributed by atoms with Gasteiger partial charge in [0.2, 0.25) is 0 Å². The standard InChI is InChI=1S/C22H13NO/c24-22-19-6-2-1-5-17(19)18-9-8-15(12-20(18)22)16-7-3-4-14-10-11-23-13-21(14)16/h1-13H. The van der Waals surface area contributed by atoms with Crippen molar-refractivity contribution in [3.05, 3.63) is 90.3 Å². The molecule has 2 nitrogen and oxygen atoms in total. The maximum absolute atomic E-state index is 12.7. The molecule has 1 aliphatic carbocycles. The second-order valence-electron chi connectivity index (χ2n) is 6.04. The molecular formula is C22H13NO. The largest absolute Gasteiger partial charge is 0.289 e. The van der Waals surface area contributed by atoms with Crippen molar-refractivity contribution in [3.8, 4) is 22.3 Å². The zero-order valence-corrected chi connectivity index (χ0v) is 12.9. The molecule has 1 aromatic heterocycles. The van der Waals surface area contributed by atoms with Gasteiger partial charge in [-0.15, -0.1) is 0 Å². The Morgan fingerprint density at radius 1 is 0.667 bits per heavy atom. The number of nitrogens with zero attached hydrogens (tertiary/aromatic N) is 1. The van der Waals surface area contributed by atoms with Crippen LogP contribution in [-0.4, -0.2) is 10.8 Å². The monoisotopic (exact) mass is 307 g/mol. The summed E-state index contributed by atoms with van der Waals surface area (Å²) >= 11 is 0. The topological polar surface area (TPSA) is 30.0 Å². The van der Waals surface area contributed by atoms with Gasteiger partial charge < -0.3 is 0 Å². The summed E-state index contributed by atoms with van der Waals surface area (Å²) in [7, 11) is 0. The van der Waals surface area contributed by atoms with Gasteiger partial charge in [-0.1, -0.05) is 54.6 Å². The smallest absolute Gasteiger partial charge is 0.194 e. The third-order valence-electron chi connectivity index (χ3n) is 4.72. The van der Waals surface area contributed by atoms with Gasteiger partial charge in [0, 0.05) is 28.9 Å². The van der Waals surface area contributed by atoms with Crippen LogP contribution in [0.3, 0.4) is 0 Å². The minimum Gasteiger partial charge on any atom is -0.289 e. The number of carbonyl (C=O) groups excluding carboxylic acids is 1. The van der Waals surface area contributed by atoms with Crippen molar-refractivity contribution >= 4 is 16.6 Å². The average Bonchev–Trinajstić information content (AvgIpc) is 2.94. The first-order valence-electron chi connectivity index (χ1n) is 7.94. The molecule has 0 atom stereocenters. The molecule has 0 saturated carbocycles. The minimum atomic E-state index is 0.112. The number of hydrogen-bond acceptors (Lipinski definition) is 2. The lowest BCUT2D eigenvalue weighted by molar-refractivity contribution is 0.104. The van der Waals surface area contributed by atoms with Crippen LogP contribution in [0.1, 0.15) is 15.9 Å². The number of carbonyl (C=O) groups is 1. The summed E-state index contributed by atoms with van der Waals surface area (Å²) in [5.74, 6) is 0.112. The zero-order valence-electron chi connectivity index (χ0n) is 12.9. The molecule has 3 aromatic carbocycles. The molecule has 5 rings (SSSR count). The highest BCUT2D eigenvalue weighted by Gasteiger charge is 2.26. The molecule has 4 aromatic rings. The SMILES string of the molecule is O=C1c2ccccc2-c2ccc(-c3cccc4ccncc34)cc21. The number of rotatable bonds is 1. The lowest BCUT2D eigenvalue weighted by Gasteiger charge is -2.08. The van der Waals surface area contributed by atoms with Crippen LogP contribution >= 0.6 is 0 Å². The predicted molar refractivity (Wildman–Crippen MR) is 96.0 cm³/mol. The molecule has 0 N–H and O–H groups in total. The highest BCUT2D eigenvalue weighted by atomic mass is 16.1. The number of benzene rings is 3. The Bertz CT molecular complexity index is 1120. The van der Waals surface area contributed by atoms with Gasteiger partial charge in [-0.25, -0.2) is 0 Å². The first kappa shape index (κ1) is 13.2. The van der Waals surface area contributed by atoms with E-state index in [4.69, 9.17) is 0 Å². The van der Waals surface area contributed by atoms with Crippen LogP contribution in [0.15, 0.2) is 79.1 Å². The number of hydrogen-bond donors (Lipinski definition) is 0. The number of ketones is 1. The van der Waals surface area contributed by atoms with Gasteiger partial charge in [0.15, 0.2) is 5.78 Å².